The summed E-state index contributed by atoms with van der Waals surface area (Å²) in [6, 6.07) is 6.77. The number of amides is 2. The summed E-state index contributed by atoms with van der Waals surface area (Å²) in [6.45, 7) is 6.10. The van der Waals surface area contributed by atoms with E-state index in [1.54, 1.807) is 0 Å². The van der Waals surface area contributed by atoms with E-state index in [-0.39, 0.29) is 6.04 Å². The van der Waals surface area contributed by atoms with E-state index in [9.17, 15) is 9.59 Å². The molecule has 2 aliphatic rings. The van der Waals surface area contributed by atoms with Gasteiger partial charge in [0.05, 0.1) is 6.04 Å². The number of nitrogens with one attached hydrogen (secondary N) is 2. The van der Waals surface area contributed by atoms with Gasteiger partial charge in [-0.3, -0.25) is 14.5 Å². The number of likely N-dealkylation sites (N-methyl/N-ethyl adjacent to an activating group) is 1. The molecule has 6 heteroatoms. The fraction of sp³-hybridized carbons (Fsp3) is 0.600. The summed E-state index contributed by atoms with van der Waals surface area (Å²) in [4.78, 5) is 28.6. The van der Waals surface area contributed by atoms with Gasteiger partial charge in [0.2, 0.25) is 0 Å². The Morgan fingerprint density at radius 1 is 1.12 bits per heavy atom. The smallest absolute Gasteiger partial charge is 0.309 e. The number of anilines is 1. The Hall–Kier alpha value is -2.08. The minimum Gasteiger partial charge on any atom is -0.374 e. The highest BCUT2D eigenvalue weighted by Crippen LogP contribution is 2.32. The van der Waals surface area contributed by atoms with E-state index >= 15 is 0 Å². The van der Waals surface area contributed by atoms with Gasteiger partial charge in [0.25, 0.3) is 0 Å². The topological polar surface area (TPSA) is 64.7 Å². The third-order valence-electron chi connectivity index (χ3n) is 5.40. The van der Waals surface area contributed by atoms with Gasteiger partial charge in [-0.15, -0.1) is 0 Å². The van der Waals surface area contributed by atoms with Crippen LogP contribution in [0.1, 0.15) is 43.4 Å². The van der Waals surface area contributed by atoms with Crippen molar-refractivity contribution in [2.45, 2.75) is 38.6 Å². The zero-order valence-corrected chi connectivity index (χ0v) is 15.9. The number of benzene rings is 1. The first-order valence-electron chi connectivity index (χ1n) is 9.74. The van der Waals surface area contributed by atoms with Crippen molar-refractivity contribution in [1.29, 1.82) is 0 Å². The van der Waals surface area contributed by atoms with Gasteiger partial charge >= 0.3 is 11.8 Å². The third kappa shape index (κ3) is 4.18. The summed E-state index contributed by atoms with van der Waals surface area (Å²) in [5.74, 6) is -1.08. The number of carbonyl (C=O) groups is 2. The van der Waals surface area contributed by atoms with E-state index in [2.05, 4.69) is 45.7 Å². The molecular weight excluding hydrogens is 328 g/mol. The largest absolute Gasteiger partial charge is 0.374 e. The Morgan fingerprint density at radius 2 is 1.85 bits per heavy atom. The average Bonchev–Trinajstić information content (AvgIpc) is 3.30. The molecule has 1 atom stereocenters. The van der Waals surface area contributed by atoms with Crippen LogP contribution in [0.3, 0.4) is 0 Å². The molecule has 0 aliphatic carbocycles. The van der Waals surface area contributed by atoms with Gasteiger partial charge in [-0.2, -0.15) is 0 Å². The first-order chi connectivity index (χ1) is 12.6. The highest BCUT2D eigenvalue weighted by Gasteiger charge is 2.26. The van der Waals surface area contributed by atoms with E-state index in [0.717, 1.165) is 32.5 Å². The molecule has 0 radical (unpaired) electrons. The van der Waals surface area contributed by atoms with Gasteiger partial charge < -0.3 is 15.5 Å². The summed E-state index contributed by atoms with van der Waals surface area (Å²) in [7, 11) is 2.12. The minimum absolute atomic E-state index is 0.122. The van der Waals surface area contributed by atoms with E-state index in [1.807, 2.05) is 6.92 Å². The quantitative estimate of drug-likeness (QED) is 0.756. The SMILES string of the molecule is CCCNC(=O)C(=O)NC[C@H](c1ccc2c(c1)CCN2C)N1CCCC1. The molecule has 6 nitrogen and oxygen atoms in total. The van der Waals surface area contributed by atoms with Gasteiger partial charge in [0.1, 0.15) is 0 Å². The van der Waals surface area contributed by atoms with Crippen LogP contribution in [-0.4, -0.2) is 56.5 Å². The minimum atomic E-state index is -0.539. The Balaban J connectivity index is 1.70. The van der Waals surface area contributed by atoms with E-state index in [0.29, 0.717) is 13.1 Å². The molecule has 2 aliphatic heterocycles. The first-order valence-corrected chi connectivity index (χ1v) is 9.74. The van der Waals surface area contributed by atoms with Crippen LogP contribution in [0.4, 0.5) is 5.69 Å². The van der Waals surface area contributed by atoms with Crippen LogP contribution in [0, 0.1) is 0 Å². The van der Waals surface area contributed by atoms with Crippen LogP contribution < -0.4 is 15.5 Å². The van der Waals surface area contributed by atoms with E-state index < -0.39 is 11.8 Å². The summed E-state index contributed by atoms with van der Waals surface area (Å²) < 4.78 is 0. The lowest BCUT2D eigenvalue weighted by atomic mass is 10.0. The molecule has 2 heterocycles. The van der Waals surface area contributed by atoms with Gasteiger partial charge in [0.15, 0.2) is 0 Å². The Labute approximate surface area is 155 Å². The van der Waals surface area contributed by atoms with Crippen molar-refractivity contribution in [2.75, 3.05) is 44.7 Å². The normalized spacial score (nSPS) is 17.8. The van der Waals surface area contributed by atoms with Crippen molar-refractivity contribution >= 4 is 17.5 Å². The molecule has 1 saturated heterocycles. The van der Waals surface area contributed by atoms with Crippen molar-refractivity contribution < 1.29 is 9.59 Å². The van der Waals surface area contributed by atoms with Crippen LogP contribution in [0.2, 0.25) is 0 Å². The Morgan fingerprint density at radius 3 is 2.58 bits per heavy atom. The lowest BCUT2D eigenvalue weighted by Gasteiger charge is -2.28. The maximum atomic E-state index is 12.1. The van der Waals surface area contributed by atoms with Crippen molar-refractivity contribution in [2.24, 2.45) is 0 Å². The number of carbonyl (C=O) groups excluding carboxylic acids is 2. The summed E-state index contributed by atoms with van der Waals surface area (Å²) >= 11 is 0. The van der Waals surface area contributed by atoms with Crippen molar-refractivity contribution in [3.8, 4) is 0 Å². The number of fused-ring (bicyclic) bond motifs is 1. The molecule has 0 aromatic heterocycles. The average molecular weight is 358 g/mol. The highest BCUT2D eigenvalue weighted by atomic mass is 16.2. The lowest BCUT2D eigenvalue weighted by molar-refractivity contribution is -0.139. The highest BCUT2D eigenvalue weighted by molar-refractivity contribution is 6.35. The van der Waals surface area contributed by atoms with Crippen molar-refractivity contribution in [1.82, 2.24) is 15.5 Å². The van der Waals surface area contributed by atoms with Crippen molar-refractivity contribution in [3.05, 3.63) is 29.3 Å². The van der Waals surface area contributed by atoms with Gasteiger partial charge in [0, 0.05) is 32.4 Å². The maximum absolute atomic E-state index is 12.1. The predicted octanol–water partition coefficient (Wildman–Crippen LogP) is 1.46. The molecule has 1 aromatic rings. The second kappa shape index (κ2) is 8.54. The second-order valence-corrected chi connectivity index (χ2v) is 7.28. The first kappa shape index (κ1) is 18.7. The Bertz CT molecular complexity index is 655. The standard InChI is InChI=1S/C20H30N4O2/c1-3-9-21-19(25)20(26)22-14-18(24-10-4-5-11-24)15-6-7-17-16(13-15)8-12-23(17)2/h6-7,13,18H,3-5,8-12,14H2,1-2H3,(H,21,25)(H,22,26)/t18-/m1/s1. The van der Waals surface area contributed by atoms with Crippen LogP contribution in [0.15, 0.2) is 18.2 Å². The summed E-state index contributed by atoms with van der Waals surface area (Å²) in [5.41, 5.74) is 3.91. The van der Waals surface area contributed by atoms with E-state index in [1.165, 1.54) is 29.7 Å². The number of rotatable bonds is 6. The number of likely N-dealkylation sites (tertiary alicyclic amines) is 1. The van der Waals surface area contributed by atoms with Crippen LogP contribution in [0.5, 0.6) is 0 Å². The van der Waals surface area contributed by atoms with Gasteiger partial charge in [-0.05, 0) is 56.0 Å². The molecule has 2 N–H and O–H groups in total. The zero-order chi connectivity index (χ0) is 18.5. The third-order valence-corrected chi connectivity index (χ3v) is 5.40. The van der Waals surface area contributed by atoms with Gasteiger partial charge in [-0.25, -0.2) is 0 Å². The molecule has 1 aromatic carbocycles. The molecule has 26 heavy (non-hydrogen) atoms. The molecular formula is C20H30N4O2. The Kier molecular flexibility index (Phi) is 6.14. The zero-order valence-electron chi connectivity index (χ0n) is 15.9. The molecule has 142 valence electrons. The van der Waals surface area contributed by atoms with Crippen LogP contribution >= 0.6 is 0 Å². The summed E-state index contributed by atoms with van der Waals surface area (Å²) in [5, 5.41) is 5.47. The maximum Gasteiger partial charge on any atom is 0.309 e. The molecule has 2 amide bonds. The predicted molar refractivity (Wildman–Crippen MR) is 103 cm³/mol. The fourth-order valence-electron chi connectivity index (χ4n) is 3.89. The molecule has 3 rings (SSSR count). The number of nitrogens with zero attached hydrogens (tertiary/aromatic N) is 2. The molecule has 0 spiro atoms. The molecule has 0 saturated carbocycles. The monoisotopic (exact) mass is 358 g/mol. The van der Waals surface area contributed by atoms with Crippen LogP contribution in [-0.2, 0) is 16.0 Å². The van der Waals surface area contributed by atoms with Crippen molar-refractivity contribution in [3.63, 3.8) is 0 Å². The number of hydrogen-bond donors (Lipinski definition) is 2. The summed E-state index contributed by atoms with van der Waals surface area (Å²) in [6.07, 6.45) is 4.27. The fourth-order valence-corrected chi connectivity index (χ4v) is 3.89. The number of hydrogen-bond acceptors (Lipinski definition) is 4. The lowest BCUT2D eigenvalue weighted by Crippen LogP contribution is -2.44. The van der Waals surface area contributed by atoms with Gasteiger partial charge in [-0.1, -0.05) is 19.1 Å². The molecule has 0 unspecified atom stereocenters. The van der Waals surface area contributed by atoms with Crippen LogP contribution in [0.25, 0.3) is 0 Å². The molecule has 0 bridgehead atoms. The van der Waals surface area contributed by atoms with E-state index in [4.69, 9.17) is 0 Å². The molecule has 1 fully saturated rings. The second-order valence-electron chi connectivity index (χ2n) is 7.28.